The van der Waals surface area contributed by atoms with Crippen LogP contribution in [0, 0.1) is 13.8 Å². The average Bonchev–Trinajstić information content (AvgIpc) is 2.75. The molecule has 0 bridgehead atoms. The van der Waals surface area contributed by atoms with Crippen LogP contribution in [0.1, 0.15) is 28.3 Å². The van der Waals surface area contributed by atoms with Gasteiger partial charge in [-0.2, -0.15) is 0 Å². The number of rotatable bonds is 4. The highest BCUT2D eigenvalue weighted by atomic mass is 16.3. The van der Waals surface area contributed by atoms with Gasteiger partial charge in [0.25, 0.3) is 5.91 Å². The van der Waals surface area contributed by atoms with E-state index >= 15 is 0 Å². The summed E-state index contributed by atoms with van der Waals surface area (Å²) in [4.78, 5) is 16.5. The zero-order valence-electron chi connectivity index (χ0n) is 11.7. The zero-order chi connectivity index (χ0) is 13.8. The predicted octanol–water partition coefficient (Wildman–Crippen LogP) is 1.04. The molecule has 1 aromatic heterocycles. The lowest BCUT2D eigenvalue weighted by atomic mass is 10.2. The topological polar surface area (TPSA) is 56.9 Å². The molecule has 0 radical (unpaired) electrons. The Bertz CT molecular complexity index is 434. The number of aliphatic hydroxyl groups excluding tert-OH is 1. The fraction of sp³-hybridized carbons (Fsp3) is 0.643. The van der Waals surface area contributed by atoms with Crippen molar-refractivity contribution in [3.05, 3.63) is 23.2 Å². The van der Waals surface area contributed by atoms with Crippen LogP contribution >= 0.6 is 0 Å². The summed E-state index contributed by atoms with van der Waals surface area (Å²) in [6.07, 6.45) is 0.800. The van der Waals surface area contributed by atoms with Gasteiger partial charge in [-0.05, 0) is 26.3 Å². The van der Waals surface area contributed by atoms with E-state index in [0.717, 1.165) is 44.9 Å². The molecule has 1 N–H and O–H groups in total. The second-order valence-electron chi connectivity index (χ2n) is 5.04. The Morgan fingerprint density at radius 2 is 2.00 bits per heavy atom. The first-order valence-corrected chi connectivity index (χ1v) is 6.81. The predicted molar refractivity (Wildman–Crippen MR) is 72.2 cm³/mol. The molecule has 0 aliphatic carbocycles. The van der Waals surface area contributed by atoms with Crippen LogP contribution < -0.4 is 0 Å². The Labute approximate surface area is 113 Å². The van der Waals surface area contributed by atoms with Gasteiger partial charge in [0, 0.05) is 39.3 Å². The minimum Gasteiger partial charge on any atom is -0.466 e. The molecule has 19 heavy (non-hydrogen) atoms. The monoisotopic (exact) mass is 266 g/mol. The Balaban J connectivity index is 1.91. The van der Waals surface area contributed by atoms with Crippen molar-refractivity contribution in [2.45, 2.75) is 20.3 Å². The van der Waals surface area contributed by atoms with Gasteiger partial charge in [0.15, 0.2) is 0 Å². The number of nitrogens with zero attached hydrogens (tertiary/aromatic N) is 2. The Kier molecular flexibility index (Phi) is 4.61. The maximum atomic E-state index is 12.4. The molecule has 0 spiro atoms. The van der Waals surface area contributed by atoms with Crippen LogP contribution in [-0.2, 0) is 0 Å². The third-order valence-electron chi connectivity index (χ3n) is 3.56. The molecule has 1 aliphatic rings. The lowest BCUT2D eigenvalue weighted by molar-refractivity contribution is 0.0627. The second-order valence-corrected chi connectivity index (χ2v) is 5.04. The Hall–Kier alpha value is -1.33. The molecule has 1 fully saturated rings. The molecule has 0 unspecified atom stereocenters. The molecule has 2 rings (SSSR count). The van der Waals surface area contributed by atoms with Crippen LogP contribution in [0.25, 0.3) is 0 Å². The average molecular weight is 266 g/mol. The van der Waals surface area contributed by atoms with Gasteiger partial charge >= 0.3 is 0 Å². The molecule has 0 saturated carbocycles. The molecule has 1 saturated heterocycles. The minimum absolute atomic E-state index is 0.0659. The molecule has 2 heterocycles. The van der Waals surface area contributed by atoms with Crippen molar-refractivity contribution in [1.29, 1.82) is 0 Å². The van der Waals surface area contributed by atoms with E-state index in [9.17, 15) is 4.79 Å². The quantitative estimate of drug-likeness (QED) is 0.884. The number of hydrogen-bond acceptors (Lipinski definition) is 4. The van der Waals surface area contributed by atoms with Crippen molar-refractivity contribution in [3.8, 4) is 0 Å². The van der Waals surface area contributed by atoms with Crippen LogP contribution in [0.5, 0.6) is 0 Å². The Morgan fingerprint density at radius 1 is 1.32 bits per heavy atom. The van der Waals surface area contributed by atoms with Crippen molar-refractivity contribution < 1.29 is 14.3 Å². The van der Waals surface area contributed by atoms with Crippen molar-refractivity contribution in [2.24, 2.45) is 0 Å². The van der Waals surface area contributed by atoms with E-state index in [0.29, 0.717) is 11.3 Å². The zero-order valence-corrected chi connectivity index (χ0v) is 11.7. The largest absolute Gasteiger partial charge is 0.466 e. The SMILES string of the molecule is Cc1cc(C(=O)N2CCN(CCCO)CC2)c(C)o1. The number of aliphatic hydroxyl groups is 1. The first-order chi connectivity index (χ1) is 9.11. The molecule has 1 aliphatic heterocycles. The van der Waals surface area contributed by atoms with Gasteiger partial charge in [0.2, 0.25) is 0 Å². The third-order valence-corrected chi connectivity index (χ3v) is 3.56. The molecule has 5 heteroatoms. The summed E-state index contributed by atoms with van der Waals surface area (Å²) in [7, 11) is 0. The number of piperazine rings is 1. The molecule has 1 amide bonds. The summed E-state index contributed by atoms with van der Waals surface area (Å²) >= 11 is 0. The minimum atomic E-state index is 0.0659. The number of amides is 1. The normalized spacial score (nSPS) is 16.9. The molecule has 106 valence electrons. The molecular weight excluding hydrogens is 244 g/mol. The first-order valence-electron chi connectivity index (χ1n) is 6.81. The van der Waals surface area contributed by atoms with Crippen LogP contribution in [0.3, 0.4) is 0 Å². The van der Waals surface area contributed by atoms with Crippen LogP contribution in [-0.4, -0.2) is 60.1 Å². The summed E-state index contributed by atoms with van der Waals surface area (Å²) in [6, 6.07) is 1.82. The van der Waals surface area contributed by atoms with Crippen LogP contribution in [0.15, 0.2) is 10.5 Å². The lowest BCUT2D eigenvalue weighted by Crippen LogP contribution is -2.49. The van der Waals surface area contributed by atoms with E-state index in [1.54, 1.807) is 0 Å². The van der Waals surface area contributed by atoms with Crippen molar-refractivity contribution in [3.63, 3.8) is 0 Å². The van der Waals surface area contributed by atoms with Gasteiger partial charge in [-0.3, -0.25) is 9.69 Å². The van der Waals surface area contributed by atoms with Crippen molar-refractivity contribution >= 4 is 5.91 Å². The highest BCUT2D eigenvalue weighted by Crippen LogP contribution is 2.17. The van der Waals surface area contributed by atoms with Gasteiger partial charge in [-0.1, -0.05) is 0 Å². The Morgan fingerprint density at radius 3 is 2.53 bits per heavy atom. The van der Waals surface area contributed by atoms with Gasteiger partial charge < -0.3 is 14.4 Å². The highest BCUT2D eigenvalue weighted by molar-refractivity contribution is 5.95. The maximum absolute atomic E-state index is 12.4. The van der Waals surface area contributed by atoms with Crippen molar-refractivity contribution in [1.82, 2.24) is 9.80 Å². The number of hydrogen-bond donors (Lipinski definition) is 1. The summed E-state index contributed by atoms with van der Waals surface area (Å²) in [6.45, 7) is 8.06. The van der Waals surface area contributed by atoms with E-state index in [1.807, 2.05) is 24.8 Å². The lowest BCUT2D eigenvalue weighted by Gasteiger charge is -2.34. The molecular formula is C14H22N2O3. The number of carbonyl (C=O) groups excluding carboxylic acids is 1. The summed E-state index contributed by atoms with van der Waals surface area (Å²) in [5.41, 5.74) is 0.682. The van der Waals surface area contributed by atoms with Gasteiger partial charge in [0.05, 0.1) is 5.56 Å². The number of furan rings is 1. The van der Waals surface area contributed by atoms with E-state index in [-0.39, 0.29) is 12.5 Å². The molecule has 1 aromatic rings. The van der Waals surface area contributed by atoms with E-state index in [1.165, 1.54) is 0 Å². The van der Waals surface area contributed by atoms with Crippen LogP contribution in [0.2, 0.25) is 0 Å². The summed E-state index contributed by atoms with van der Waals surface area (Å²) in [5.74, 6) is 1.55. The fourth-order valence-corrected chi connectivity index (χ4v) is 2.48. The number of carbonyl (C=O) groups is 1. The third kappa shape index (κ3) is 3.36. The molecule has 0 atom stereocenters. The van der Waals surface area contributed by atoms with E-state index in [2.05, 4.69) is 4.90 Å². The van der Waals surface area contributed by atoms with Crippen LogP contribution in [0.4, 0.5) is 0 Å². The highest BCUT2D eigenvalue weighted by Gasteiger charge is 2.24. The second kappa shape index (κ2) is 6.21. The summed E-state index contributed by atoms with van der Waals surface area (Å²) in [5, 5.41) is 8.82. The maximum Gasteiger partial charge on any atom is 0.257 e. The van der Waals surface area contributed by atoms with Gasteiger partial charge in [-0.25, -0.2) is 0 Å². The van der Waals surface area contributed by atoms with Gasteiger partial charge in [0.1, 0.15) is 11.5 Å². The molecule has 0 aromatic carbocycles. The standard InChI is InChI=1S/C14H22N2O3/c1-11-10-13(12(2)19-11)14(18)16-7-5-15(6-8-16)4-3-9-17/h10,17H,3-9H2,1-2H3. The first kappa shape index (κ1) is 14.1. The van der Waals surface area contributed by atoms with E-state index < -0.39 is 0 Å². The number of aryl methyl sites for hydroxylation is 2. The fourth-order valence-electron chi connectivity index (χ4n) is 2.48. The van der Waals surface area contributed by atoms with E-state index in [4.69, 9.17) is 9.52 Å². The smallest absolute Gasteiger partial charge is 0.257 e. The van der Waals surface area contributed by atoms with Crippen molar-refractivity contribution in [2.75, 3.05) is 39.3 Å². The molecule has 5 nitrogen and oxygen atoms in total. The van der Waals surface area contributed by atoms with Gasteiger partial charge in [-0.15, -0.1) is 0 Å². The summed E-state index contributed by atoms with van der Waals surface area (Å²) < 4.78 is 5.41.